The standard InChI is InChI=1S/C11H14N4O2S2/c1-7-9(15-8(2)18-7)6-14-11-10(19(12,16)17)4-3-5-13-11/h3-5H,6H2,1-2H3,(H,13,14)(H2,12,16,17). The van der Waals surface area contributed by atoms with Crippen LogP contribution in [-0.2, 0) is 16.6 Å². The lowest BCUT2D eigenvalue weighted by Gasteiger charge is -2.08. The molecule has 0 bridgehead atoms. The number of thiazole rings is 1. The Labute approximate surface area is 115 Å². The highest BCUT2D eigenvalue weighted by Gasteiger charge is 2.15. The first kappa shape index (κ1) is 13.9. The molecule has 0 spiro atoms. The summed E-state index contributed by atoms with van der Waals surface area (Å²) in [6.07, 6.45) is 1.51. The van der Waals surface area contributed by atoms with Gasteiger partial charge in [-0.25, -0.2) is 23.5 Å². The van der Waals surface area contributed by atoms with E-state index in [-0.39, 0.29) is 10.7 Å². The molecule has 0 saturated carbocycles. The van der Waals surface area contributed by atoms with Crippen LogP contribution in [0.5, 0.6) is 0 Å². The lowest BCUT2D eigenvalue weighted by atomic mass is 10.3. The van der Waals surface area contributed by atoms with Gasteiger partial charge in [-0.05, 0) is 26.0 Å². The third kappa shape index (κ3) is 3.28. The number of nitrogens with one attached hydrogen (secondary N) is 1. The van der Waals surface area contributed by atoms with Crippen molar-refractivity contribution in [3.05, 3.63) is 33.9 Å². The van der Waals surface area contributed by atoms with Gasteiger partial charge in [0.1, 0.15) is 10.7 Å². The van der Waals surface area contributed by atoms with Crippen LogP contribution < -0.4 is 10.5 Å². The van der Waals surface area contributed by atoms with Gasteiger partial charge in [0.2, 0.25) is 10.0 Å². The zero-order chi connectivity index (χ0) is 14.0. The Morgan fingerprint density at radius 1 is 1.42 bits per heavy atom. The molecule has 0 saturated heterocycles. The first-order valence-corrected chi connectivity index (χ1v) is 7.89. The average Bonchev–Trinajstić information content (AvgIpc) is 2.64. The molecule has 19 heavy (non-hydrogen) atoms. The Bertz CT molecular complexity index is 694. The molecule has 2 heterocycles. The number of nitrogens with two attached hydrogens (primary N) is 1. The lowest BCUT2D eigenvalue weighted by molar-refractivity contribution is 0.597. The van der Waals surface area contributed by atoms with Gasteiger partial charge < -0.3 is 5.32 Å². The van der Waals surface area contributed by atoms with Crippen LogP contribution in [0, 0.1) is 13.8 Å². The van der Waals surface area contributed by atoms with Gasteiger partial charge in [0.25, 0.3) is 0 Å². The quantitative estimate of drug-likeness (QED) is 0.889. The number of hydrogen-bond acceptors (Lipinski definition) is 6. The summed E-state index contributed by atoms with van der Waals surface area (Å²) < 4.78 is 22.8. The number of hydrogen-bond donors (Lipinski definition) is 2. The van der Waals surface area contributed by atoms with Crippen LogP contribution in [0.25, 0.3) is 0 Å². The summed E-state index contributed by atoms with van der Waals surface area (Å²) >= 11 is 1.60. The van der Waals surface area contributed by atoms with Gasteiger partial charge in [-0.15, -0.1) is 11.3 Å². The molecule has 6 nitrogen and oxygen atoms in total. The van der Waals surface area contributed by atoms with E-state index in [0.717, 1.165) is 15.6 Å². The van der Waals surface area contributed by atoms with Gasteiger partial charge in [0.15, 0.2) is 0 Å². The number of anilines is 1. The molecule has 8 heteroatoms. The van der Waals surface area contributed by atoms with E-state index in [4.69, 9.17) is 5.14 Å². The van der Waals surface area contributed by atoms with Crippen LogP contribution in [0.4, 0.5) is 5.82 Å². The summed E-state index contributed by atoms with van der Waals surface area (Å²) in [6.45, 7) is 4.31. The maximum atomic E-state index is 11.4. The van der Waals surface area contributed by atoms with E-state index in [0.29, 0.717) is 6.54 Å². The monoisotopic (exact) mass is 298 g/mol. The van der Waals surface area contributed by atoms with Gasteiger partial charge in [0.05, 0.1) is 17.2 Å². The topological polar surface area (TPSA) is 98.0 Å². The highest BCUT2D eigenvalue weighted by molar-refractivity contribution is 7.89. The number of primary sulfonamides is 1. The fourth-order valence-corrected chi connectivity index (χ4v) is 3.15. The Morgan fingerprint density at radius 2 is 2.16 bits per heavy atom. The van der Waals surface area contributed by atoms with Crippen molar-refractivity contribution in [3.63, 3.8) is 0 Å². The van der Waals surface area contributed by atoms with Gasteiger partial charge >= 0.3 is 0 Å². The molecular formula is C11H14N4O2S2. The van der Waals surface area contributed by atoms with Gasteiger partial charge in [-0.1, -0.05) is 0 Å². The van der Waals surface area contributed by atoms with E-state index in [1.54, 1.807) is 11.3 Å². The molecule has 3 N–H and O–H groups in total. The zero-order valence-corrected chi connectivity index (χ0v) is 12.2. The van der Waals surface area contributed by atoms with E-state index in [1.165, 1.54) is 18.3 Å². The van der Waals surface area contributed by atoms with Crippen molar-refractivity contribution in [1.82, 2.24) is 9.97 Å². The van der Waals surface area contributed by atoms with E-state index in [9.17, 15) is 8.42 Å². The maximum Gasteiger partial charge on any atom is 0.241 e. The fourth-order valence-electron chi connectivity index (χ4n) is 1.66. The minimum Gasteiger partial charge on any atom is -0.363 e. The Hall–Kier alpha value is -1.51. The number of pyridine rings is 1. The summed E-state index contributed by atoms with van der Waals surface area (Å²) in [7, 11) is -3.79. The fraction of sp³-hybridized carbons (Fsp3) is 0.273. The van der Waals surface area contributed by atoms with Gasteiger partial charge in [-0.3, -0.25) is 0 Å². The van der Waals surface area contributed by atoms with Crippen molar-refractivity contribution < 1.29 is 8.42 Å². The first-order valence-electron chi connectivity index (χ1n) is 5.52. The zero-order valence-electron chi connectivity index (χ0n) is 10.5. The molecule has 0 unspecified atom stereocenters. The van der Waals surface area contributed by atoms with E-state index in [1.807, 2.05) is 13.8 Å². The molecule has 0 aliphatic carbocycles. The molecule has 2 rings (SSSR count). The van der Waals surface area contributed by atoms with Crippen LogP contribution in [0.3, 0.4) is 0 Å². The van der Waals surface area contributed by atoms with Gasteiger partial charge in [0, 0.05) is 11.1 Å². The molecular weight excluding hydrogens is 284 g/mol. The van der Waals surface area contributed by atoms with Crippen molar-refractivity contribution >= 4 is 27.2 Å². The largest absolute Gasteiger partial charge is 0.363 e. The third-order valence-corrected chi connectivity index (χ3v) is 4.37. The second-order valence-electron chi connectivity index (χ2n) is 3.98. The molecule has 0 aliphatic rings. The van der Waals surface area contributed by atoms with Crippen LogP contribution in [0.15, 0.2) is 23.2 Å². The maximum absolute atomic E-state index is 11.4. The predicted octanol–water partition coefficient (Wildman–Crippen LogP) is 1.41. The summed E-state index contributed by atoms with van der Waals surface area (Å²) in [4.78, 5) is 9.45. The summed E-state index contributed by atoms with van der Waals surface area (Å²) in [5.74, 6) is 0.245. The van der Waals surface area contributed by atoms with Gasteiger partial charge in [-0.2, -0.15) is 0 Å². The minimum absolute atomic E-state index is 0.0143. The number of aromatic nitrogens is 2. The molecule has 2 aromatic heterocycles. The van der Waals surface area contributed by atoms with Crippen LogP contribution in [0.2, 0.25) is 0 Å². The second-order valence-corrected chi connectivity index (χ2v) is 6.92. The van der Waals surface area contributed by atoms with Crippen molar-refractivity contribution in [2.45, 2.75) is 25.3 Å². The number of aryl methyl sites for hydroxylation is 2. The molecule has 0 atom stereocenters. The summed E-state index contributed by atoms with van der Waals surface area (Å²) in [6, 6.07) is 2.95. The predicted molar refractivity (Wildman–Crippen MR) is 74.5 cm³/mol. The molecule has 0 radical (unpaired) electrons. The minimum atomic E-state index is -3.79. The van der Waals surface area contributed by atoms with Crippen molar-refractivity contribution in [2.75, 3.05) is 5.32 Å². The molecule has 2 aromatic rings. The molecule has 0 amide bonds. The number of nitrogens with zero attached hydrogens (tertiary/aromatic N) is 2. The highest BCUT2D eigenvalue weighted by atomic mass is 32.2. The van der Waals surface area contributed by atoms with Crippen LogP contribution >= 0.6 is 11.3 Å². The summed E-state index contributed by atoms with van der Waals surface area (Å²) in [5.41, 5.74) is 0.883. The molecule has 0 aromatic carbocycles. The van der Waals surface area contributed by atoms with Crippen LogP contribution in [-0.4, -0.2) is 18.4 Å². The Morgan fingerprint density at radius 3 is 2.74 bits per heavy atom. The normalized spacial score (nSPS) is 11.5. The van der Waals surface area contributed by atoms with Crippen LogP contribution in [0.1, 0.15) is 15.6 Å². The summed E-state index contributed by atoms with van der Waals surface area (Å²) in [5, 5.41) is 9.08. The molecule has 0 aliphatic heterocycles. The van der Waals surface area contributed by atoms with Crippen molar-refractivity contribution in [1.29, 1.82) is 0 Å². The number of rotatable bonds is 4. The van der Waals surface area contributed by atoms with E-state index in [2.05, 4.69) is 15.3 Å². The second kappa shape index (κ2) is 5.24. The average molecular weight is 298 g/mol. The molecule has 102 valence electrons. The highest BCUT2D eigenvalue weighted by Crippen LogP contribution is 2.20. The Kier molecular flexibility index (Phi) is 3.83. The van der Waals surface area contributed by atoms with E-state index >= 15 is 0 Å². The lowest BCUT2D eigenvalue weighted by Crippen LogP contribution is -2.16. The number of sulfonamides is 1. The van der Waals surface area contributed by atoms with E-state index < -0.39 is 10.0 Å². The third-order valence-electron chi connectivity index (χ3n) is 2.50. The molecule has 0 fully saturated rings. The first-order chi connectivity index (χ1) is 8.88. The smallest absolute Gasteiger partial charge is 0.241 e. The Balaban J connectivity index is 2.23. The van der Waals surface area contributed by atoms with Crippen molar-refractivity contribution in [2.24, 2.45) is 5.14 Å². The SMILES string of the molecule is Cc1nc(CNc2ncccc2S(N)(=O)=O)c(C)s1. The van der Waals surface area contributed by atoms with Crippen molar-refractivity contribution in [3.8, 4) is 0 Å².